The monoisotopic (exact) mass is 199 g/mol. The fourth-order valence-corrected chi connectivity index (χ4v) is 1.69. The zero-order valence-electron chi connectivity index (χ0n) is 9.15. The third kappa shape index (κ3) is 1.48. The normalized spacial score (nSPS) is 11.6. The Labute approximate surface area is 89.0 Å². The summed E-state index contributed by atoms with van der Waals surface area (Å²) in [5.41, 5.74) is 0.606. The fraction of sp³-hybridized carbons (Fsp3) is 0.333. The number of rotatable bonds is 0. The highest BCUT2D eigenvalue weighted by molar-refractivity contribution is 5.86. The summed E-state index contributed by atoms with van der Waals surface area (Å²) in [6, 6.07) is 4.18. The summed E-state index contributed by atoms with van der Waals surface area (Å²) in [6.07, 6.45) is 5.50. The lowest BCUT2D eigenvalue weighted by atomic mass is 10.1. The van der Waals surface area contributed by atoms with Gasteiger partial charge in [-0.05, 0) is 26.8 Å². The second-order valence-electron chi connectivity index (χ2n) is 4.59. The van der Waals surface area contributed by atoms with Gasteiger partial charge in [0.1, 0.15) is 11.8 Å². The first-order chi connectivity index (χ1) is 7.04. The van der Waals surface area contributed by atoms with Gasteiger partial charge in [-0.15, -0.1) is 0 Å². The van der Waals surface area contributed by atoms with Crippen molar-refractivity contribution in [3.63, 3.8) is 0 Å². The van der Waals surface area contributed by atoms with Crippen LogP contribution in [-0.2, 0) is 5.54 Å². The van der Waals surface area contributed by atoms with E-state index in [1.54, 1.807) is 12.4 Å². The molecule has 3 nitrogen and oxygen atoms in total. The maximum atomic E-state index is 9.17. The molecule has 0 aliphatic carbocycles. The van der Waals surface area contributed by atoms with Gasteiger partial charge in [0.25, 0.3) is 0 Å². The van der Waals surface area contributed by atoms with Crippen molar-refractivity contribution in [3.05, 3.63) is 30.4 Å². The lowest BCUT2D eigenvalue weighted by Gasteiger charge is -2.22. The van der Waals surface area contributed by atoms with Gasteiger partial charge in [-0.3, -0.25) is 4.98 Å². The van der Waals surface area contributed by atoms with E-state index in [4.69, 9.17) is 0 Å². The van der Waals surface area contributed by atoms with E-state index in [1.807, 2.05) is 16.8 Å². The van der Waals surface area contributed by atoms with Crippen molar-refractivity contribution < 1.29 is 0 Å². The molecular weight excluding hydrogens is 186 g/mol. The van der Waals surface area contributed by atoms with Gasteiger partial charge in [-0.1, -0.05) is 0 Å². The molecule has 2 heterocycles. The van der Waals surface area contributed by atoms with E-state index in [-0.39, 0.29) is 5.54 Å². The van der Waals surface area contributed by atoms with E-state index in [0.29, 0.717) is 5.69 Å². The molecule has 0 atom stereocenters. The molecule has 0 saturated heterocycles. The Hall–Kier alpha value is -1.82. The molecule has 0 N–H and O–H groups in total. The predicted molar refractivity (Wildman–Crippen MR) is 59.4 cm³/mol. The largest absolute Gasteiger partial charge is 0.333 e. The van der Waals surface area contributed by atoms with Crippen molar-refractivity contribution in [2.75, 3.05) is 0 Å². The fourth-order valence-electron chi connectivity index (χ4n) is 1.69. The van der Waals surface area contributed by atoms with E-state index in [1.165, 1.54) is 0 Å². The lowest BCUT2D eigenvalue weighted by molar-refractivity contribution is 0.396. The summed E-state index contributed by atoms with van der Waals surface area (Å²) < 4.78 is 2.00. The van der Waals surface area contributed by atoms with Gasteiger partial charge in [0.2, 0.25) is 0 Å². The Morgan fingerprint density at radius 1 is 1.40 bits per heavy atom. The van der Waals surface area contributed by atoms with Gasteiger partial charge >= 0.3 is 0 Å². The third-order valence-corrected chi connectivity index (χ3v) is 2.45. The molecular formula is C12H13N3. The number of hydrogen-bond donors (Lipinski definition) is 0. The average Bonchev–Trinajstić information content (AvgIpc) is 2.55. The van der Waals surface area contributed by atoms with Crippen LogP contribution < -0.4 is 0 Å². The molecule has 2 rings (SSSR count). The van der Waals surface area contributed by atoms with E-state index in [2.05, 4.69) is 31.8 Å². The Bertz CT molecular complexity index is 538. The van der Waals surface area contributed by atoms with Crippen molar-refractivity contribution in [1.29, 1.82) is 5.26 Å². The second-order valence-corrected chi connectivity index (χ2v) is 4.59. The van der Waals surface area contributed by atoms with Crippen molar-refractivity contribution in [2.45, 2.75) is 26.3 Å². The molecule has 0 spiro atoms. The average molecular weight is 199 g/mol. The summed E-state index contributed by atoms with van der Waals surface area (Å²) in [6.45, 7) is 6.25. The minimum Gasteiger partial charge on any atom is -0.333 e. The Kier molecular flexibility index (Phi) is 2.01. The molecule has 3 heteroatoms. The number of hydrogen-bond acceptors (Lipinski definition) is 2. The van der Waals surface area contributed by atoms with Gasteiger partial charge in [0.15, 0.2) is 0 Å². The van der Waals surface area contributed by atoms with E-state index < -0.39 is 0 Å². The standard InChI is InChI=1S/C12H13N3/c1-12(2,3)15-8-9-4-5-14-7-10(9)11(15)6-13/h4-5,7-8H,1-3H3. The number of nitrogens with zero attached hydrogens (tertiary/aromatic N) is 3. The highest BCUT2D eigenvalue weighted by Crippen LogP contribution is 2.25. The van der Waals surface area contributed by atoms with Crippen LogP contribution in [0.1, 0.15) is 26.5 Å². The first-order valence-corrected chi connectivity index (χ1v) is 4.89. The predicted octanol–water partition coefficient (Wildman–Crippen LogP) is 2.66. The molecule has 0 bridgehead atoms. The highest BCUT2D eigenvalue weighted by atomic mass is 15.0. The molecule has 0 saturated carbocycles. The van der Waals surface area contributed by atoms with E-state index in [0.717, 1.165) is 10.8 Å². The van der Waals surface area contributed by atoms with Gasteiger partial charge in [0.05, 0.1) is 0 Å². The van der Waals surface area contributed by atoms with Crippen molar-refractivity contribution >= 4 is 10.8 Å². The van der Waals surface area contributed by atoms with Crippen molar-refractivity contribution in [2.24, 2.45) is 0 Å². The Morgan fingerprint density at radius 2 is 2.13 bits per heavy atom. The topological polar surface area (TPSA) is 41.6 Å². The molecule has 0 amide bonds. The summed E-state index contributed by atoms with van der Waals surface area (Å²) in [7, 11) is 0. The summed E-state index contributed by atoms with van der Waals surface area (Å²) in [5, 5.41) is 11.2. The third-order valence-electron chi connectivity index (χ3n) is 2.45. The van der Waals surface area contributed by atoms with Crippen LogP contribution in [0.5, 0.6) is 0 Å². The van der Waals surface area contributed by atoms with E-state index >= 15 is 0 Å². The van der Waals surface area contributed by atoms with Crippen LogP contribution in [0.2, 0.25) is 0 Å². The molecule has 76 valence electrons. The van der Waals surface area contributed by atoms with Crippen molar-refractivity contribution in [1.82, 2.24) is 9.55 Å². The molecule has 0 aliphatic heterocycles. The molecule has 0 radical (unpaired) electrons. The molecule has 0 fully saturated rings. The molecule has 0 aliphatic rings. The Morgan fingerprint density at radius 3 is 2.73 bits per heavy atom. The first-order valence-electron chi connectivity index (χ1n) is 4.89. The van der Waals surface area contributed by atoms with Gasteiger partial charge < -0.3 is 4.57 Å². The number of aromatic nitrogens is 2. The van der Waals surface area contributed by atoms with Crippen LogP contribution in [0, 0.1) is 11.3 Å². The van der Waals surface area contributed by atoms with Crippen LogP contribution >= 0.6 is 0 Å². The molecule has 2 aromatic rings. The minimum absolute atomic E-state index is 0.0793. The highest BCUT2D eigenvalue weighted by Gasteiger charge is 2.18. The quantitative estimate of drug-likeness (QED) is 0.654. The van der Waals surface area contributed by atoms with Gasteiger partial charge in [-0.25, -0.2) is 0 Å². The number of pyridine rings is 1. The minimum atomic E-state index is -0.0793. The van der Waals surface area contributed by atoms with Crippen LogP contribution in [0.3, 0.4) is 0 Å². The van der Waals surface area contributed by atoms with E-state index in [9.17, 15) is 5.26 Å². The van der Waals surface area contributed by atoms with Crippen LogP contribution in [0.4, 0.5) is 0 Å². The smallest absolute Gasteiger partial charge is 0.130 e. The van der Waals surface area contributed by atoms with Crippen LogP contribution in [-0.4, -0.2) is 9.55 Å². The molecule has 15 heavy (non-hydrogen) atoms. The summed E-state index contributed by atoms with van der Waals surface area (Å²) in [5.74, 6) is 0. The molecule has 0 unspecified atom stereocenters. The zero-order valence-corrected chi connectivity index (χ0v) is 9.15. The maximum Gasteiger partial charge on any atom is 0.130 e. The maximum absolute atomic E-state index is 9.17. The summed E-state index contributed by atoms with van der Waals surface area (Å²) >= 11 is 0. The second kappa shape index (κ2) is 3.09. The van der Waals surface area contributed by atoms with Crippen LogP contribution in [0.15, 0.2) is 24.7 Å². The zero-order chi connectivity index (χ0) is 11.1. The lowest BCUT2D eigenvalue weighted by Crippen LogP contribution is -2.22. The Balaban J connectivity index is 2.83. The van der Waals surface area contributed by atoms with Gasteiger partial charge in [0, 0.05) is 34.9 Å². The SMILES string of the molecule is CC(C)(C)n1cc2ccncc2c1C#N. The molecule has 2 aromatic heterocycles. The van der Waals surface area contributed by atoms with Crippen LogP contribution in [0.25, 0.3) is 10.8 Å². The first kappa shape index (κ1) is 9.72. The van der Waals surface area contributed by atoms with Gasteiger partial charge in [-0.2, -0.15) is 5.26 Å². The summed E-state index contributed by atoms with van der Waals surface area (Å²) in [4.78, 5) is 4.05. The number of nitriles is 1. The molecule has 0 aromatic carbocycles. The number of fused-ring (bicyclic) bond motifs is 1. The van der Waals surface area contributed by atoms with Crippen molar-refractivity contribution in [3.8, 4) is 6.07 Å².